The van der Waals surface area contributed by atoms with E-state index in [1.54, 1.807) is 16.7 Å². The molecule has 0 spiro atoms. The Morgan fingerprint density at radius 1 is 1.47 bits per heavy atom. The molecule has 17 heavy (non-hydrogen) atoms. The second kappa shape index (κ2) is 3.93. The molecule has 1 aromatic heterocycles. The van der Waals surface area contributed by atoms with Crippen LogP contribution in [-0.2, 0) is 11.3 Å². The molecule has 88 valence electrons. The zero-order valence-corrected chi connectivity index (χ0v) is 9.40. The van der Waals surface area contributed by atoms with Crippen LogP contribution in [0.2, 0.25) is 0 Å². The van der Waals surface area contributed by atoms with Gasteiger partial charge in [-0.05, 0) is 24.4 Å². The topological polar surface area (TPSA) is 92.1 Å². The van der Waals surface area contributed by atoms with Gasteiger partial charge in [-0.1, -0.05) is 12.1 Å². The maximum Gasteiger partial charge on any atom is 0.323 e. The molecule has 0 aliphatic rings. The fourth-order valence-corrected chi connectivity index (χ4v) is 1.91. The predicted molar refractivity (Wildman–Crippen MR) is 65.3 cm³/mol. The highest BCUT2D eigenvalue weighted by Crippen LogP contribution is 2.20. The summed E-state index contributed by atoms with van der Waals surface area (Å²) in [6, 6.07) is 7.27. The molecule has 1 heterocycles. The Labute approximate surface area is 98.0 Å². The van der Waals surface area contributed by atoms with Gasteiger partial charge in [0.25, 0.3) is 0 Å². The summed E-state index contributed by atoms with van der Waals surface area (Å²) >= 11 is 0. The van der Waals surface area contributed by atoms with E-state index in [0.717, 1.165) is 16.6 Å². The highest BCUT2D eigenvalue weighted by molar-refractivity contribution is 5.98. The summed E-state index contributed by atoms with van der Waals surface area (Å²) in [5.74, 6) is -0.911. The Kier molecular flexibility index (Phi) is 2.59. The fraction of sp³-hybridized carbons (Fsp3) is 0.167. The van der Waals surface area contributed by atoms with Gasteiger partial charge in [0.05, 0.1) is 0 Å². The van der Waals surface area contributed by atoms with E-state index in [1.165, 1.54) is 0 Å². The van der Waals surface area contributed by atoms with E-state index >= 15 is 0 Å². The van der Waals surface area contributed by atoms with Crippen molar-refractivity contribution in [3.8, 4) is 0 Å². The van der Waals surface area contributed by atoms with Crippen LogP contribution in [0.1, 0.15) is 11.3 Å². The van der Waals surface area contributed by atoms with Gasteiger partial charge in [-0.2, -0.15) is 0 Å². The highest BCUT2D eigenvalue weighted by atomic mass is 16.4. The molecule has 0 bridgehead atoms. The molecular weight excluding hydrogens is 218 g/mol. The number of carboxylic acid groups (broad SMARTS) is 1. The lowest BCUT2D eigenvalue weighted by Crippen LogP contribution is -2.12. The third kappa shape index (κ3) is 1.99. The number of benzene rings is 1. The van der Waals surface area contributed by atoms with E-state index in [1.807, 2.05) is 19.1 Å². The summed E-state index contributed by atoms with van der Waals surface area (Å²) in [6.07, 6.45) is 0. The van der Waals surface area contributed by atoms with Crippen LogP contribution in [0.25, 0.3) is 10.9 Å². The number of aliphatic carboxylic acids is 1. The second-order valence-corrected chi connectivity index (χ2v) is 3.95. The lowest BCUT2D eigenvalue weighted by Gasteiger charge is -2.05. The standard InChI is InChI=1S/C12H13N3O2/c1-7-4-8-2-3-9(12(13)14)5-10(8)15(7)6-11(16)17/h2-5H,6H2,1H3,(H3,13,14)(H,16,17). The van der Waals surface area contributed by atoms with Crippen LogP contribution >= 0.6 is 0 Å². The van der Waals surface area contributed by atoms with Gasteiger partial charge in [0, 0.05) is 16.8 Å². The van der Waals surface area contributed by atoms with Gasteiger partial charge in [-0.25, -0.2) is 0 Å². The van der Waals surface area contributed by atoms with Crippen molar-refractivity contribution in [2.24, 2.45) is 5.73 Å². The minimum absolute atomic E-state index is 0.0207. The third-order valence-corrected chi connectivity index (χ3v) is 2.72. The molecule has 0 aliphatic carbocycles. The Hall–Kier alpha value is -2.30. The molecule has 0 fully saturated rings. The molecule has 4 N–H and O–H groups in total. The molecule has 5 heteroatoms. The monoisotopic (exact) mass is 231 g/mol. The molecule has 2 rings (SSSR count). The van der Waals surface area contributed by atoms with Crippen molar-refractivity contribution >= 4 is 22.7 Å². The van der Waals surface area contributed by atoms with Gasteiger partial charge in [0.1, 0.15) is 12.4 Å². The molecule has 1 aromatic carbocycles. The maximum atomic E-state index is 10.8. The molecule has 0 radical (unpaired) electrons. The average molecular weight is 231 g/mol. The quantitative estimate of drug-likeness (QED) is 0.549. The number of rotatable bonds is 3. The SMILES string of the molecule is Cc1cc2ccc(C(=N)N)cc2n1CC(=O)O. The number of fused-ring (bicyclic) bond motifs is 1. The maximum absolute atomic E-state index is 10.8. The van der Waals surface area contributed by atoms with Gasteiger partial charge in [0.2, 0.25) is 0 Å². The summed E-state index contributed by atoms with van der Waals surface area (Å²) in [6.45, 7) is 1.77. The van der Waals surface area contributed by atoms with E-state index in [-0.39, 0.29) is 12.4 Å². The first kappa shape index (κ1) is 11.2. The number of carboxylic acids is 1. The first-order valence-corrected chi connectivity index (χ1v) is 5.15. The largest absolute Gasteiger partial charge is 0.480 e. The van der Waals surface area contributed by atoms with Gasteiger partial charge in [0.15, 0.2) is 0 Å². The number of carbonyl (C=O) groups is 1. The lowest BCUT2D eigenvalue weighted by atomic mass is 10.1. The van der Waals surface area contributed by atoms with Gasteiger partial charge in [-0.3, -0.25) is 10.2 Å². The molecule has 0 aliphatic heterocycles. The van der Waals surface area contributed by atoms with Crippen molar-refractivity contribution in [1.82, 2.24) is 4.57 Å². The van der Waals surface area contributed by atoms with Crippen LogP contribution in [0.4, 0.5) is 0 Å². The van der Waals surface area contributed by atoms with Crippen LogP contribution < -0.4 is 5.73 Å². The zero-order chi connectivity index (χ0) is 12.6. The van der Waals surface area contributed by atoms with Gasteiger partial charge < -0.3 is 15.4 Å². The molecule has 0 amide bonds. The van der Waals surface area contributed by atoms with Crippen molar-refractivity contribution in [1.29, 1.82) is 5.41 Å². The molecule has 0 saturated heterocycles. The van der Waals surface area contributed by atoms with Gasteiger partial charge >= 0.3 is 5.97 Å². The first-order valence-electron chi connectivity index (χ1n) is 5.15. The summed E-state index contributed by atoms with van der Waals surface area (Å²) in [5.41, 5.74) is 7.69. The number of nitrogens with zero attached hydrogens (tertiary/aromatic N) is 1. The second-order valence-electron chi connectivity index (χ2n) is 3.95. The number of hydrogen-bond acceptors (Lipinski definition) is 2. The number of aromatic nitrogens is 1. The lowest BCUT2D eigenvalue weighted by molar-refractivity contribution is -0.137. The molecule has 0 saturated carbocycles. The van der Waals surface area contributed by atoms with E-state index in [9.17, 15) is 4.79 Å². The summed E-state index contributed by atoms with van der Waals surface area (Å²) in [4.78, 5) is 10.8. The van der Waals surface area contributed by atoms with E-state index in [0.29, 0.717) is 5.56 Å². The number of nitrogens with two attached hydrogens (primary N) is 1. The Bertz CT molecular complexity index is 613. The van der Waals surface area contributed by atoms with Crippen LogP contribution in [0.5, 0.6) is 0 Å². The van der Waals surface area contributed by atoms with E-state index in [2.05, 4.69) is 0 Å². The summed E-state index contributed by atoms with van der Waals surface area (Å²) in [7, 11) is 0. The normalized spacial score (nSPS) is 10.6. The number of aryl methyl sites for hydroxylation is 1. The van der Waals surface area contributed by atoms with Crippen molar-refractivity contribution < 1.29 is 9.90 Å². The van der Waals surface area contributed by atoms with Crippen molar-refractivity contribution in [3.63, 3.8) is 0 Å². The molecule has 0 unspecified atom stereocenters. The molecule has 2 aromatic rings. The fourth-order valence-electron chi connectivity index (χ4n) is 1.91. The number of hydrogen-bond donors (Lipinski definition) is 3. The minimum Gasteiger partial charge on any atom is -0.480 e. The van der Waals surface area contributed by atoms with Crippen LogP contribution in [0.3, 0.4) is 0 Å². The number of nitrogens with one attached hydrogen (secondary N) is 1. The number of amidine groups is 1. The zero-order valence-electron chi connectivity index (χ0n) is 9.40. The van der Waals surface area contributed by atoms with E-state index < -0.39 is 5.97 Å². The highest BCUT2D eigenvalue weighted by Gasteiger charge is 2.09. The minimum atomic E-state index is -0.890. The third-order valence-electron chi connectivity index (χ3n) is 2.72. The summed E-state index contributed by atoms with van der Waals surface area (Å²) in [5, 5.41) is 17.2. The summed E-state index contributed by atoms with van der Waals surface area (Å²) < 4.78 is 1.70. The Morgan fingerprint density at radius 2 is 2.18 bits per heavy atom. The van der Waals surface area contributed by atoms with Crippen molar-refractivity contribution in [3.05, 3.63) is 35.5 Å². The van der Waals surface area contributed by atoms with Crippen LogP contribution in [0.15, 0.2) is 24.3 Å². The molecule has 0 atom stereocenters. The molecule has 5 nitrogen and oxygen atoms in total. The molecular formula is C12H13N3O2. The predicted octanol–water partition coefficient (Wildman–Crippen LogP) is 1.32. The Balaban J connectivity index is 2.64. The van der Waals surface area contributed by atoms with Crippen molar-refractivity contribution in [2.45, 2.75) is 13.5 Å². The van der Waals surface area contributed by atoms with E-state index in [4.69, 9.17) is 16.2 Å². The van der Waals surface area contributed by atoms with Gasteiger partial charge in [-0.15, -0.1) is 0 Å². The average Bonchev–Trinajstić information content (AvgIpc) is 2.54. The number of nitrogen functional groups attached to an aromatic ring is 1. The Morgan fingerprint density at radius 3 is 2.76 bits per heavy atom. The smallest absolute Gasteiger partial charge is 0.323 e. The van der Waals surface area contributed by atoms with Crippen LogP contribution in [0, 0.1) is 12.3 Å². The van der Waals surface area contributed by atoms with Crippen LogP contribution in [-0.4, -0.2) is 21.5 Å². The van der Waals surface area contributed by atoms with Crippen molar-refractivity contribution in [2.75, 3.05) is 0 Å². The first-order chi connectivity index (χ1) is 7.99.